The van der Waals surface area contributed by atoms with Crippen LogP contribution in [-0.2, 0) is 11.3 Å². The van der Waals surface area contributed by atoms with E-state index in [1.165, 1.54) is 30.6 Å². The molecule has 7 nitrogen and oxygen atoms in total. The lowest BCUT2D eigenvalue weighted by atomic mass is 10.0. The molecule has 1 aromatic carbocycles. The average molecular weight is 441 g/mol. The van der Waals surface area contributed by atoms with Gasteiger partial charge >= 0.3 is 0 Å². The predicted molar refractivity (Wildman–Crippen MR) is 120 cm³/mol. The number of imide groups is 1. The van der Waals surface area contributed by atoms with Gasteiger partial charge in [0.15, 0.2) is 5.13 Å². The Morgan fingerprint density at radius 2 is 1.87 bits per heavy atom. The van der Waals surface area contributed by atoms with Gasteiger partial charge in [-0.15, -0.1) is 11.3 Å². The third-order valence-corrected chi connectivity index (χ3v) is 6.98. The summed E-state index contributed by atoms with van der Waals surface area (Å²) >= 11 is 1.44. The molecule has 1 aromatic heterocycles. The lowest BCUT2D eigenvalue weighted by Gasteiger charge is -2.32. The maximum absolute atomic E-state index is 13.1. The number of benzene rings is 1. The molecule has 2 unspecified atom stereocenters. The van der Waals surface area contributed by atoms with E-state index in [2.05, 4.69) is 22.1 Å². The van der Waals surface area contributed by atoms with Crippen LogP contribution in [0.15, 0.2) is 30.5 Å². The maximum Gasteiger partial charge on any atom is 0.262 e. The molecule has 0 saturated carbocycles. The highest BCUT2D eigenvalue weighted by Crippen LogP contribution is 2.29. The van der Waals surface area contributed by atoms with E-state index >= 15 is 0 Å². The van der Waals surface area contributed by atoms with Crippen LogP contribution in [0, 0.1) is 5.92 Å². The zero-order chi connectivity index (χ0) is 22.1. The molecule has 2 atom stereocenters. The van der Waals surface area contributed by atoms with Crippen molar-refractivity contribution in [1.82, 2.24) is 14.8 Å². The van der Waals surface area contributed by atoms with Crippen molar-refractivity contribution < 1.29 is 14.4 Å². The third kappa shape index (κ3) is 4.27. The molecule has 1 N–H and O–H groups in total. The Morgan fingerprint density at radius 3 is 2.48 bits per heavy atom. The lowest BCUT2D eigenvalue weighted by molar-refractivity contribution is -0.121. The second-order valence-corrected chi connectivity index (χ2v) is 9.77. The minimum absolute atomic E-state index is 0.240. The number of fused-ring (bicyclic) bond motifs is 1. The van der Waals surface area contributed by atoms with Gasteiger partial charge in [0.2, 0.25) is 5.91 Å². The van der Waals surface area contributed by atoms with Gasteiger partial charge in [-0.2, -0.15) is 0 Å². The Balaban J connectivity index is 1.47. The summed E-state index contributed by atoms with van der Waals surface area (Å²) in [5.74, 6) is -1.48. The van der Waals surface area contributed by atoms with Gasteiger partial charge in [0.25, 0.3) is 11.8 Å². The number of anilines is 1. The van der Waals surface area contributed by atoms with Crippen molar-refractivity contribution in [2.45, 2.75) is 58.7 Å². The summed E-state index contributed by atoms with van der Waals surface area (Å²) in [5.41, 5.74) is 0.691. The summed E-state index contributed by atoms with van der Waals surface area (Å²) in [4.78, 5) is 47.9. The fourth-order valence-electron chi connectivity index (χ4n) is 4.39. The molecule has 1 fully saturated rings. The number of piperidine rings is 1. The number of rotatable bonds is 6. The standard InChI is InChI=1S/C23H28N4O3S/c1-14(2)19(27-21(29)17-9-4-5-10-18(17)22(27)30)20(28)25-23-24-12-16(31-23)13-26-11-7-6-8-15(26)3/h4-5,9-10,12,14-15,19H,6-8,11,13H2,1-3H3,(H,24,25,28). The average Bonchev–Trinajstić information content (AvgIpc) is 3.28. The van der Waals surface area contributed by atoms with Gasteiger partial charge in [0, 0.05) is 23.7 Å². The van der Waals surface area contributed by atoms with Crippen LogP contribution in [0.25, 0.3) is 0 Å². The lowest BCUT2D eigenvalue weighted by Crippen LogP contribution is -2.50. The van der Waals surface area contributed by atoms with Crippen LogP contribution >= 0.6 is 11.3 Å². The quantitative estimate of drug-likeness (QED) is 0.692. The largest absolute Gasteiger partial charge is 0.300 e. The highest BCUT2D eigenvalue weighted by Gasteiger charge is 2.44. The van der Waals surface area contributed by atoms with Crippen LogP contribution in [0.5, 0.6) is 0 Å². The number of nitrogens with zero attached hydrogens (tertiary/aromatic N) is 3. The Labute approximate surface area is 186 Å². The zero-order valence-corrected chi connectivity index (χ0v) is 18.9. The molecule has 164 valence electrons. The monoisotopic (exact) mass is 440 g/mol. The van der Waals surface area contributed by atoms with E-state index in [1.54, 1.807) is 30.5 Å². The Morgan fingerprint density at radius 1 is 1.19 bits per heavy atom. The highest BCUT2D eigenvalue weighted by atomic mass is 32.1. The fourth-order valence-corrected chi connectivity index (χ4v) is 5.23. The molecule has 0 bridgehead atoms. The first kappa shape index (κ1) is 21.6. The van der Waals surface area contributed by atoms with Crippen molar-refractivity contribution in [3.63, 3.8) is 0 Å². The molecular formula is C23H28N4O3S. The SMILES string of the molecule is CC(C)C(C(=O)Nc1ncc(CN2CCCCC2C)s1)N1C(=O)c2ccccc2C1=O. The molecule has 2 aromatic rings. The van der Waals surface area contributed by atoms with E-state index in [9.17, 15) is 14.4 Å². The Hall–Kier alpha value is -2.58. The summed E-state index contributed by atoms with van der Waals surface area (Å²) < 4.78 is 0. The summed E-state index contributed by atoms with van der Waals surface area (Å²) in [6, 6.07) is 6.34. The van der Waals surface area contributed by atoms with Gasteiger partial charge in [-0.05, 0) is 44.4 Å². The van der Waals surface area contributed by atoms with E-state index in [1.807, 2.05) is 13.8 Å². The molecule has 2 aliphatic heterocycles. The van der Waals surface area contributed by atoms with Crippen molar-refractivity contribution in [3.8, 4) is 0 Å². The van der Waals surface area contributed by atoms with E-state index < -0.39 is 23.8 Å². The number of hydrogen-bond acceptors (Lipinski definition) is 6. The van der Waals surface area contributed by atoms with Crippen molar-refractivity contribution in [3.05, 3.63) is 46.5 Å². The molecule has 3 heterocycles. The second kappa shape index (κ2) is 8.88. The van der Waals surface area contributed by atoms with Gasteiger partial charge in [-0.3, -0.25) is 24.2 Å². The summed E-state index contributed by atoms with van der Waals surface area (Å²) in [7, 11) is 0. The number of carbonyl (C=O) groups excluding carboxylic acids is 3. The van der Waals surface area contributed by atoms with Crippen molar-refractivity contribution in [2.75, 3.05) is 11.9 Å². The van der Waals surface area contributed by atoms with Crippen molar-refractivity contribution >= 4 is 34.2 Å². The Kier molecular flexibility index (Phi) is 6.20. The van der Waals surface area contributed by atoms with Crippen molar-refractivity contribution in [1.29, 1.82) is 0 Å². The van der Waals surface area contributed by atoms with Gasteiger partial charge in [-0.1, -0.05) is 32.4 Å². The molecular weight excluding hydrogens is 412 g/mol. The minimum Gasteiger partial charge on any atom is -0.300 e. The molecule has 1 saturated heterocycles. The second-order valence-electron chi connectivity index (χ2n) is 8.65. The molecule has 8 heteroatoms. The van der Waals surface area contributed by atoms with Crippen LogP contribution in [0.4, 0.5) is 5.13 Å². The molecule has 0 spiro atoms. The van der Waals surface area contributed by atoms with E-state index in [4.69, 9.17) is 0 Å². The smallest absolute Gasteiger partial charge is 0.262 e. The highest BCUT2D eigenvalue weighted by molar-refractivity contribution is 7.15. The number of carbonyl (C=O) groups is 3. The summed E-state index contributed by atoms with van der Waals surface area (Å²) in [6.07, 6.45) is 5.49. The predicted octanol–water partition coefficient (Wildman–Crippen LogP) is 3.78. The van der Waals surface area contributed by atoms with Crippen LogP contribution < -0.4 is 5.32 Å². The summed E-state index contributed by atoms with van der Waals surface area (Å²) in [5, 5.41) is 3.33. The molecule has 0 aliphatic carbocycles. The van der Waals surface area contributed by atoms with E-state index in [0.717, 1.165) is 22.9 Å². The van der Waals surface area contributed by atoms with Crippen LogP contribution in [0.3, 0.4) is 0 Å². The number of nitrogens with one attached hydrogen (secondary N) is 1. The molecule has 4 rings (SSSR count). The van der Waals surface area contributed by atoms with Gasteiger partial charge < -0.3 is 5.32 Å². The normalized spacial score (nSPS) is 20.3. The number of thiazole rings is 1. The van der Waals surface area contributed by atoms with Crippen molar-refractivity contribution in [2.24, 2.45) is 5.92 Å². The first-order chi connectivity index (χ1) is 14.9. The Bertz CT molecular complexity index is 967. The van der Waals surface area contributed by atoms with Gasteiger partial charge in [-0.25, -0.2) is 4.98 Å². The van der Waals surface area contributed by atoms with E-state index in [0.29, 0.717) is 22.3 Å². The fraction of sp³-hybridized carbons (Fsp3) is 0.478. The zero-order valence-electron chi connectivity index (χ0n) is 18.1. The maximum atomic E-state index is 13.1. The number of hydrogen-bond donors (Lipinski definition) is 1. The first-order valence-electron chi connectivity index (χ1n) is 10.8. The molecule has 2 aliphatic rings. The van der Waals surface area contributed by atoms with Crippen LogP contribution in [-0.4, -0.2) is 51.1 Å². The summed E-state index contributed by atoms with van der Waals surface area (Å²) in [6.45, 7) is 7.81. The first-order valence-corrected chi connectivity index (χ1v) is 11.6. The minimum atomic E-state index is -0.901. The van der Waals surface area contributed by atoms with Crippen LogP contribution in [0.2, 0.25) is 0 Å². The van der Waals surface area contributed by atoms with Gasteiger partial charge in [0.05, 0.1) is 11.1 Å². The molecule has 31 heavy (non-hydrogen) atoms. The van der Waals surface area contributed by atoms with E-state index in [-0.39, 0.29) is 5.92 Å². The van der Waals surface area contributed by atoms with Crippen LogP contribution in [0.1, 0.15) is 65.6 Å². The number of amides is 3. The molecule has 3 amide bonds. The molecule has 0 radical (unpaired) electrons. The number of likely N-dealkylation sites (tertiary alicyclic amines) is 1. The number of aromatic nitrogens is 1. The third-order valence-electron chi connectivity index (χ3n) is 6.09. The van der Waals surface area contributed by atoms with Gasteiger partial charge in [0.1, 0.15) is 6.04 Å². The topological polar surface area (TPSA) is 82.6 Å².